The summed E-state index contributed by atoms with van der Waals surface area (Å²) in [6.45, 7) is 0. The van der Waals surface area contributed by atoms with Crippen LogP contribution in [-0.4, -0.2) is 12.0 Å². The number of nitrogens with one attached hydrogen (secondary N) is 1. The molecule has 3 heteroatoms. The van der Waals surface area contributed by atoms with Crippen molar-refractivity contribution in [1.82, 2.24) is 4.98 Å². The number of pyridine rings is 1. The quantitative estimate of drug-likeness (QED) is 0.692. The van der Waals surface area contributed by atoms with Crippen LogP contribution in [0.25, 0.3) is 10.9 Å². The SMILES string of the molecule is CNc1ccc2ccc(N)nc2c1. The number of nitrogens with two attached hydrogens (primary N) is 1. The van der Waals surface area contributed by atoms with Gasteiger partial charge in [-0.2, -0.15) is 0 Å². The molecule has 1 aromatic carbocycles. The van der Waals surface area contributed by atoms with Gasteiger partial charge in [-0.1, -0.05) is 6.07 Å². The first-order valence-electron chi connectivity index (χ1n) is 4.13. The van der Waals surface area contributed by atoms with Crippen molar-refractivity contribution >= 4 is 22.4 Å². The molecule has 0 radical (unpaired) electrons. The third-order valence-electron chi connectivity index (χ3n) is 2.00. The average molecular weight is 173 g/mol. The molecule has 66 valence electrons. The van der Waals surface area contributed by atoms with E-state index in [4.69, 9.17) is 5.73 Å². The third-order valence-corrected chi connectivity index (χ3v) is 2.00. The Morgan fingerprint density at radius 3 is 2.77 bits per heavy atom. The van der Waals surface area contributed by atoms with Crippen molar-refractivity contribution in [2.45, 2.75) is 0 Å². The van der Waals surface area contributed by atoms with Crippen LogP contribution in [0.1, 0.15) is 0 Å². The first-order valence-corrected chi connectivity index (χ1v) is 4.13. The molecule has 0 saturated heterocycles. The van der Waals surface area contributed by atoms with Gasteiger partial charge in [0.15, 0.2) is 0 Å². The third kappa shape index (κ3) is 1.40. The van der Waals surface area contributed by atoms with Crippen LogP contribution in [0, 0.1) is 0 Å². The molecule has 3 nitrogen and oxygen atoms in total. The lowest BCUT2D eigenvalue weighted by molar-refractivity contribution is 1.41. The van der Waals surface area contributed by atoms with E-state index >= 15 is 0 Å². The molecule has 0 aliphatic rings. The summed E-state index contributed by atoms with van der Waals surface area (Å²) < 4.78 is 0. The number of fused-ring (bicyclic) bond motifs is 1. The lowest BCUT2D eigenvalue weighted by atomic mass is 10.2. The van der Waals surface area contributed by atoms with E-state index in [-0.39, 0.29) is 0 Å². The lowest BCUT2D eigenvalue weighted by Crippen LogP contribution is -1.91. The number of aromatic nitrogens is 1. The van der Waals surface area contributed by atoms with Gasteiger partial charge in [0.1, 0.15) is 5.82 Å². The summed E-state index contributed by atoms with van der Waals surface area (Å²) in [6, 6.07) is 9.79. The second kappa shape index (κ2) is 2.94. The first-order chi connectivity index (χ1) is 6.29. The number of rotatable bonds is 1. The Hall–Kier alpha value is -1.77. The van der Waals surface area contributed by atoms with Crippen LogP contribution in [0.2, 0.25) is 0 Å². The van der Waals surface area contributed by atoms with Crippen LogP contribution < -0.4 is 11.1 Å². The van der Waals surface area contributed by atoms with E-state index in [9.17, 15) is 0 Å². The molecule has 0 amide bonds. The van der Waals surface area contributed by atoms with Crippen molar-refractivity contribution in [3.63, 3.8) is 0 Å². The zero-order valence-electron chi connectivity index (χ0n) is 7.41. The Labute approximate surface area is 76.6 Å². The van der Waals surface area contributed by atoms with Crippen LogP contribution in [0.15, 0.2) is 30.3 Å². The van der Waals surface area contributed by atoms with Gasteiger partial charge in [-0.05, 0) is 24.3 Å². The highest BCUT2D eigenvalue weighted by Crippen LogP contribution is 2.17. The Bertz CT molecular complexity index is 437. The molecule has 2 rings (SSSR count). The van der Waals surface area contributed by atoms with Crippen LogP contribution in [-0.2, 0) is 0 Å². The van der Waals surface area contributed by atoms with Crippen LogP contribution in [0.5, 0.6) is 0 Å². The molecule has 0 unspecified atom stereocenters. The van der Waals surface area contributed by atoms with Crippen LogP contribution in [0.3, 0.4) is 0 Å². The van der Waals surface area contributed by atoms with E-state index in [0.29, 0.717) is 5.82 Å². The van der Waals surface area contributed by atoms with Gasteiger partial charge in [0, 0.05) is 18.1 Å². The molecule has 0 spiro atoms. The Morgan fingerprint density at radius 1 is 1.23 bits per heavy atom. The largest absolute Gasteiger partial charge is 0.388 e. The summed E-state index contributed by atoms with van der Waals surface area (Å²) in [5, 5.41) is 4.16. The normalized spacial score (nSPS) is 10.2. The summed E-state index contributed by atoms with van der Waals surface area (Å²) in [6.07, 6.45) is 0. The Balaban J connectivity index is 2.68. The molecular formula is C10H11N3. The van der Waals surface area contributed by atoms with Crippen molar-refractivity contribution in [1.29, 1.82) is 0 Å². The highest BCUT2D eigenvalue weighted by atomic mass is 14.8. The minimum atomic E-state index is 0.556. The number of hydrogen-bond acceptors (Lipinski definition) is 3. The molecule has 2 aromatic rings. The summed E-state index contributed by atoms with van der Waals surface area (Å²) in [4.78, 5) is 4.22. The fourth-order valence-corrected chi connectivity index (χ4v) is 1.29. The van der Waals surface area contributed by atoms with E-state index in [1.165, 1.54) is 0 Å². The van der Waals surface area contributed by atoms with E-state index < -0.39 is 0 Å². The van der Waals surface area contributed by atoms with Crippen molar-refractivity contribution in [3.8, 4) is 0 Å². The summed E-state index contributed by atoms with van der Waals surface area (Å²) in [7, 11) is 1.88. The van der Waals surface area contributed by atoms with E-state index in [2.05, 4.69) is 10.3 Å². The zero-order chi connectivity index (χ0) is 9.26. The maximum absolute atomic E-state index is 5.58. The highest BCUT2D eigenvalue weighted by Gasteiger charge is 1.96. The minimum absolute atomic E-state index is 0.556. The van der Waals surface area contributed by atoms with Gasteiger partial charge in [-0.3, -0.25) is 0 Å². The summed E-state index contributed by atoms with van der Waals surface area (Å²) in [5.41, 5.74) is 7.55. The van der Waals surface area contributed by atoms with Gasteiger partial charge >= 0.3 is 0 Å². The van der Waals surface area contributed by atoms with Crippen molar-refractivity contribution in [2.24, 2.45) is 0 Å². The average Bonchev–Trinajstić information content (AvgIpc) is 2.16. The van der Waals surface area contributed by atoms with Crippen molar-refractivity contribution < 1.29 is 0 Å². The maximum Gasteiger partial charge on any atom is 0.124 e. The molecule has 1 heterocycles. The van der Waals surface area contributed by atoms with Crippen LogP contribution in [0.4, 0.5) is 11.5 Å². The number of hydrogen-bond donors (Lipinski definition) is 2. The number of nitrogen functional groups attached to an aromatic ring is 1. The van der Waals surface area contributed by atoms with Gasteiger partial charge < -0.3 is 11.1 Å². The van der Waals surface area contributed by atoms with Gasteiger partial charge in [-0.15, -0.1) is 0 Å². The number of anilines is 2. The predicted octanol–water partition coefficient (Wildman–Crippen LogP) is 1.86. The zero-order valence-corrected chi connectivity index (χ0v) is 7.41. The molecule has 1 aromatic heterocycles. The topological polar surface area (TPSA) is 50.9 Å². The molecular weight excluding hydrogens is 162 g/mol. The standard InChI is InChI=1S/C10H11N3/c1-12-8-4-2-7-3-5-10(11)13-9(7)6-8/h2-6,12H,1H3,(H2,11,13). The highest BCUT2D eigenvalue weighted by molar-refractivity contribution is 5.83. The van der Waals surface area contributed by atoms with Gasteiger partial charge in [0.25, 0.3) is 0 Å². The fourth-order valence-electron chi connectivity index (χ4n) is 1.29. The van der Waals surface area contributed by atoms with E-state index in [0.717, 1.165) is 16.6 Å². The number of benzene rings is 1. The van der Waals surface area contributed by atoms with Crippen molar-refractivity contribution in [3.05, 3.63) is 30.3 Å². The summed E-state index contributed by atoms with van der Waals surface area (Å²) >= 11 is 0. The predicted molar refractivity (Wildman–Crippen MR) is 55.7 cm³/mol. The Kier molecular flexibility index (Phi) is 1.77. The molecule has 0 saturated carbocycles. The first kappa shape index (κ1) is 7.86. The molecule has 0 bridgehead atoms. The second-order valence-corrected chi connectivity index (χ2v) is 2.89. The van der Waals surface area contributed by atoms with Gasteiger partial charge in [0.05, 0.1) is 5.52 Å². The molecule has 13 heavy (non-hydrogen) atoms. The van der Waals surface area contributed by atoms with E-state index in [1.54, 1.807) is 6.07 Å². The molecule has 0 fully saturated rings. The lowest BCUT2D eigenvalue weighted by Gasteiger charge is -2.02. The monoisotopic (exact) mass is 173 g/mol. The van der Waals surface area contributed by atoms with Crippen LogP contribution >= 0.6 is 0 Å². The molecule has 0 aliphatic heterocycles. The minimum Gasteiger partial charge on any atom is -0.388 e. The Morgan fingerprint density at radius 2 is 2.00 bits per heavy atom. The number of nitrogens with zero attached hydrogens (tertiary/aromatic N) is 1. The van der Waals surface area contributed by atoms with Gasteiger partial charge in [0.2, 0.25) is 0 Å². The molecule has 0 aliphatic carbocycles. The maximum atomic E-state index is 5.58. The molecule has 3 N–H and O–H groups in total. The van der Waals surface area contributed by atoms with Gasteiger partial charge in [-0.25, -0.2) is 4.98 Å². The fraction of sp³-hybridized carbons (Fsp3) is 0.100. The molecule has 0 atom stereocenters. The second-order valence-electron chi connectivity index (χ2n) is 2.89. The smallest absolute Gasteiger partial charge is 0.124 e. The van der Waals surface area contributed by atoms with E-state index in [1.807, 2.05) is 31.3 Å². The van der Waals surface area contributed by atoms with Crippen molar-refractivity contribution in [2.75, 3.05) is 18.1 Å². The summed E-state index contributed by atoms with van der Waals surface area (Å²) in [5.74, 6) is 0.556.